The predicted molar refractivity (Wildman–Crippen MR) is 67.2 cm³/mol. The number of imidazole rings is 1. The molecule has 0 aliphatic carbocycles. The van der Waals surface area contributed by atoms with Crippen LogP contribution in [0.3, 0.4) is 0 Å². The number of hydrogen-bond donors (Lipinski definition) is 2. The van der Waals surface area contributed by atoms with Gasteiger partial charge < -0.3 is 10.6 Å². The van der Waals surface area contributed by atoms with E-state index in [-0.39, 0.29) is 0 Å². The standard InChI is InChI=1S/C11H16N4S/c1-12-11-14-9(8-4-2-3-5-13-8)10-15(11)6-7-16-10/h6-8,13H,2-5H2,1H3,(H,12,14). The van der Waals surface area contributed by atoms with Crippen molar-refractivity contribution >= 4 is 22.1 Å². The maximum Gasteiger partial charge on any atom is 0.208 e. The van der Waals surface area contributed by atoms with Crippen molar-refractivity contribution in [1.82, 2.24) is 14.7 Å². The van der Waals surface area contributed by atoms with Crippen LogP contribution in [-0.2, 0) is 0 Å². The van der Waals surface area contributed by atoms with Crippen LogP contribution >= 0.6 is 11.3 Å². The molecule has 1 unspecified atom stereocenters. The topological polar surface area (TPSA) is 41.4 Å². The van der Waals surface area contributed by atoms with Gasteiger partial charge in [0.25, 0.3) is 0 Å². The Morgan fingerprint density at radius 2 is 2.50 bits per heavy atom. The Labute approximate surface area is 98.7 Å². The molecular formula is C11H16N4S. The minimum atomic E-state index is 0.435. The summed E-state index contributed by atoms with van der Waals surface area (Å²) < 4.78 is 2.14. The lowest BCUT2D eigenvalue weighted by molar-refractivity contribution is 0.409. The summed E-state index contributed by atoms with van der Waals surface area (Å²) in [5.74, 6) is 0.943. The molecule has 0 saturated carbocycles. The highest BCUT2D eigenvalue weighted by atomic mass is 32.1. The minimum Gasteiger partial charge on any atom is -0.358 e. The third-order valence-corrected chi connectivity index (χ3v) is 4.03. The van der Waals surface area contributed by atoms with Gasteiger partial charge in [-0.1, -0.05) is 6.42 Å². The Bertz CT molecular complexity index is 481. The van der Waals surface area contributed by atoms with Crippen molar-refractivity contribution < 1.29 is 0 Å². The van der Waals surface area contributed by atoms with Gasteiger partial charge in [0.05, 0.1) is 11.7 Å². The van der Waals surface area contributed by atoms with E-state index < -0.39 is 0 Å². The molecule has 0 bridgehead atoms. The first-order valence-electron chi connectivity index (χ1n) is 5.76. The van der Waals surface area contributed by atoms with Gasteiger partial charge in [0.15, 0.2) is 0 Å². The second-order valence-corrected chi connectivity index (χ2v) is 5.05. The van der Waals surface area contributed by atoms with Crippen LogP contribution < -0.4 is 10.6 Å². The Morgan fingerprint density at radius 3 is 3.25 bits per heavy atom. The SMILES string of the molecule is CNc1nc(C2CCCCN2)c2sccn12. The summed E-state index contributed by atoms with van der Waals surface area (Å²) in [6.45, 7) is 1.12. The molecule has 5 heteroatoms. The summed E-state index contributed by atoms with van der Waals surface area (Å²) in [4.78, 5) is 5.96. The van der Waals surface area contributed by atoms with E-state index >= 15 is 0 Å². The zero-order valence-corrected chi connectivity index (χ0v) is 10.2. The number of nitrogens with one attached hydrogen (secondary N) is 2. The Morgan fingerprint density at radius 1 is 1.56 bits per heavy atom. The zero-order chi connectivity index (χ0) is 11.0. The first-order chi connectivity index (χ1) is 7.90. The molecule has 1 aliphatic heterocycles. The molecule has 2 aromatic rings. The van der Waals surface area contributed by atoms with E-state index in [2.05, 4.69) is 26.6 Å². The quantitative estimate of drug-likeness (QED) is 0.840. The van der Waals surface area contributed by atoms with Crippen molar-refractivity contribution in [2.24, 2.45) is 0 Å². The molecule has 0 amide bonds. The van der Waals surface area contributed by atoms with Crippen LogP contribution in [0.2, 0.25) is 0 Å². The van der Waals surface area contributed by atoms with Crippen LogP contribution in [0.25, 0.3) is 4.83 Å². The number of thiazole rings is 1. The summed E-state index contributed by atoms with van der Waals surface area (Å²) in [5, 5.41) is 8.82. The number of fused-ring (bicyclic) bond motifs is 1. The van der Waals surface area contributed by atoms with Gasteiger partial charge in [-0.25, -0.2) is 4.98 Å². The van der Waals surface area contributed by atoms with Crippen LogP contribution in [0.5, 0.6) is 0 Å². The van der Waals surface area contributed by atoms with Gasteiger partial charge in [-0.2, -0.15) is 0 Å². The molecule has 1 saturated heterocycles. The second kappa shape index (κ2) is 4.07. The van der Waals surface area contributed by atoms with E-state index in [0.717, 1.165) is 12.5 Å². The molecule has 3 rings (SSSR count). The average molecular weight is 236 g/mol. The summed E-state index contributed by atoms with van der Waals surface area (Å²) in [6, 6.07) is 0.435. The maximum atomic E-state index is 4.69. The summed E-state index contributed by atoms with van der Waals surface area (Å²) >= 11 is 1.76. The van der Waals surface area contributed by atoms with Gasteiger partial charge in [0, 0.05) is 18.6 Å². The molecule has 1 aliphatic rings. The highest BCUT2D eigenvalue weighted by Crippen LogP contribution is 2.30. The average Bonchev–Trinajstić information content (AvgIpc) is 2.91. The minimum absolute atomic E-state index is 0.435. The molecule has 3 heterocycles. The number of aromatic nitrogens is 2. The van der Waals surface area contributed by atoms with Gasteiger partial charge >= 0.3 is 0 Å². The van der Waals surface area contributed by atoms with Crippen molar-refractivity contribution in [2.75, 3.05) is 18.9 Å². The van der Waals surface area contributed by atoms with Crippen molar-refractivity contribution in [3.8, 4) is 0 Å². The predicted octanol–water partition coefficient (Wildman–Crippen LogP) is 2.25. The molecule has 2 N–H and O–H groups in total. The smallest absolute Gasteiger partial charge is 0.208 e. The maximum absolute atomic E-state index is 4.69. The fraction of sp³-hybridized carbons (Fsp3) is 0.545. The summed E-state index contributed by atoms with van der Waals surface area (Å²) in [7, 11) is 1.92. The van der Waals surface area contributed by atoms with E-state index in [1.807, 2.05) is 7.05 Å². The van der Waals surface area contributed by atoms with Gasteiger partial charge in [0.1, 0.15) is 4.83 Å². The fourth-order valence-electron chi connectivity index (χ4n) is 2.34. The van der Waals surface area contributed by atoms with Gasteiger partial charge in [-0.3, -0.25) is 4.40 Å². The van der Waals surface area contributed by atoms with Crippen molar-refractivity contribution in [3.05, 3.63) is 17.3 Å². The number of nitrogens with zero attached hydrogens (tertiary/aromatic N) is 2. The Kier molecular flexibility index (Phi) is 2.57. The van der Waals surface area contributed by atoms with E-state index in [9.17, 15) is 0 Å². The van der Waals surface area contributed by atoms with Gasteiger partial charge in [0.2, 0.25) is 5.95 Å². The number of hydrogen-bond acceptors (Lipinski definition) is 4. The summed E-state index contributed by atoms with van der Waals surface area (Å²) in [5.41, 5.74) is 1.21. The van der Waals surface area contributed by atoms with Crippen molar-refractivity contribution in [1.29, 1.82) is 0 Å². The van der Waals surface area contributed by atoms with E-state index in [1.165, 1.54) is 29.8 Å². The monoisotopic (exact) mass is 236 g/mol. The lowest BCUT2D eigenvalue weighted by Gasteiger charge is -2.21. The fourth-order valence-corrected chi connectivity index (χ4v) is 3.22. The molecular weight excluding hydrogens is 220 g/mol. The normalized spacial score (nSPS) is 21.4. The van der Waals surface area contributed by atoms with Crippen LogP contribution in [-0.4, -0.2) is 23.0 Å². The first kappa shape index (κ1) is 10.1. The van der Waals surface area contributed by atoms with E-state index in [1.54, 1.807) is 11.3 Å². The molecule has 2 aromatic heterocycles. The van der Waals surface area contributed by atoms with Crippen molar-refractivity contribution in [3.63, 3.8) is 0 Å². The lowest BCUT2D eigenvalue weighted by Crippen LogP contribution is -2.27. The van der Waals surface area contributed by atoms with Gasteiger partial charge in [-0.15, -0.1) is 11.3 Å². The van der Waals surface area contributed by atoms with Crippen LogP contribution in [0, 0.1) is 0 Å². The van der Waals surface area contributed by atoms with Crippen LogP contribution in [0.1, 0.15) is 31.0 Å². The number of rotatable bonds is 2. The third-order valence-electron chi connectivity index (χ3n) is 3.15. The zero-order valence-electron chi connectivity index (χ0n) is 9.36. The van der Waals surface area contributed by atoms with E-state index in [0.29, 0.717) is 6.04 Å². The molecule has 1 fully saturated rings. The molecule has 86 valence electrons. The molecule has 4 nitrogen and oxygen atoms in total. The number of anilines is 1. The Balaban J connectivity index is 2.04. The van der Waals surface area contributed by atoms with Gasteiger partial charge in [-0.05, 0) is 19.4 Å². The van der Waals surface area contributed by atoms with Crippen LogP contribution in [0.15, 0.2) is 11.6 Å². The van der Waals surface area contributed by atoms with Crippen LogP contribution in [0.4, 0.5) is 5.95 Å². The first-order valence-corrected chi connectivity index (χ1v) is 6.64. The molecule has 1 atom stereocenters. The molecule has 0 spiro atoms. The largest absolute Gasteiger partial charge is 0.358 e. The highest BCUT2D eigenvalue weighted by molar-refractivity contribution is 7.15. The van der Waals surface area contributed by atoms with Crippen molar-refractivity contribution in [2.45, 2.75) is 25.3 Å². The Hall–Kier alpha value is -1.07. The molecule has 0 radical (unpaired) electrons. The number of piperidine rings is 1. The lowest BCUT2D eigenvalue weighted by atomic mass is 10.0. The van der Waals surface area contributed by atoms with E-state index in [4.69, 9.17) is 4.98 Å². The third kappa shape index (κ3) is 1.51. The summed E-state index contributed by atoms with van der Waals surface area (Å²) in [6.07, 6.45) is 5.87. The molecule has 0 aromatic carbocycles. The highest BCUT2D eigenvalue weighted by Gasteiger charge is 2.21. The second-order valence-electron chi connectivity index (χ2n) is 4.15. The molecule has 16 heavy (non-hydrogen) atoms.